The minimum Gasteiger partial charge on any atom is -0.497 e. The smallest absolute Gasteiger partial charge is 0.223 e. The van der Waals surface area contributed by atoms with E-state index in [1.54, 1.807) is 7.11 Å². The van der Waals surface area contributed by atoms with E-state index in [0.29, 0.717) is 0 Å². The predicted molar refractivity (Wildman–Crippen MR) is 100 cm³/mol. The van der Waals surface area contributed by atoms with Crippen molar-refractivity contribution < 1.29 is 9.53 Å². The average molecular weight is 353 g/mol. The highest BCUT2D eigenvalue weighted by Crippen LogP contribution is 2.42. The van der Waals surface area contributed by atoms with E-state index in [0.717, 1.165) is 42.7 Å². The molecule has 2 aliphatic rings. The highest BCUT2D eigenvalue weighted by Gasteiger charge is 2.37. The summed E-state index contributed by atoms with van der Waals surface area (Å²) in [5, 5.41) is 7.95. The molecule has 0 bridgehead atoms. The molecule has 2 aliphatic carbocycles. The number of methoxy groups -OCH3 is 1. The second-order valence-corrected chi connectivity index (χ2v) is 8.39. The molecule has 4 rings (SSSR count). The molecule has 1 amide bonds. The molecule has 1 atom stereocenters. The van der Waals surface area contributed by atoms with Crippen LogP contribution in [0.5, 0.6) is 5.75 Å². The topological polar surface area (TPSA) is 56.1 Å². The number of nitrogens with one attached hydrogen (secondary N) is 1. The van der Waals surface area contributed by atoms with Crippen molar-refractivity contribution in [1.29, 1.82) is 0 Å². The summed E-state index contributed by atoms with van der Waals surface area (Å²) in [5.41, 5.74) is 3.50. The van der Waals surface area contributed by atoms with Crippen LogP contribution in [-0.2, 0) is 11.2 Å². The van der Waals surface area contributed by atoms with Gasteiger partial charge in [0.1, 0.15) is 5.75 Å². The number of hydrogen-bond donors (Lipinski definition) is 1. The van der Waals surface area contributed by atoms with Crippen LogP contribution in [0, 0.1) is 11.3 Å². The quantitative estimate of drug-likeness (QED) is 0.909. The molecule has 5 nitrogen and oxygen atoms in total. The molecule has 1 aromatic heterocycles. The molecule has 26 heavy (non-hydrogen) atoms. The van der Waals surface area contributed by atoms with Crippen LogP contribution < -0.4 is 10.1 Å². The van der Waals surface area contributed by atoms with E-state index >= 15 is 0 Å². The van der Waals surface area contributed by atoms with E-state index in [2.05, 4.69) is 24.3 Å². The average Bonchev–Trinajstić information content (AvgIpc) is 2.95. The molecule has 2 aromatic rings. The molecule has 1 N–H and O–H groups in total. The van der Waals surface area contributed by atoms with Gasteiger partial charge in [0, 0.05) is 11.5 Å². The van der Waals surface area contributed by atoms with Gasteiger partial charge in [0.25, 0.3) is 0 Å². The molecule has 5 heteroatoms. The molecule has 0 saturated heterocycles. The maximum atomic E-state index is 12.5. The number of aromatic nitrogens is 2. The molecule has 1 fully saturated rings. The van der Waals surface area contributed by atoms with Gasteiger partial charge in [0.05, 0.1) is 30.7 Å². The van der Waals surface area contributed by atoms with Gasteiger partial charge in [-0.1, -0.05) is 20.3 Å². The number of hydrogen-bond acceptors (Lipinski definition) is 3. The molecule has 0 radical (unpaired) electrons. The van der Waals surface area contributed by atoms with E-state index in [-0.39, 0.29) is 23.3 Å². The number of rotatable bonds is 4. The minimum atomic E-state index is 0.0499. The molecular formula is C21H27N3O2. The van der Waals surface area contributed by atoms with Crippen LogP contribution in [-0.4, -0.2) is 22.8 Å². The highest BCUT2D eigenvalue weighted by molar-refractivity contribution is 5.80. The first-order chi connectivity index (χ1) is 12.5. The summed E-state index contributed by atoms with van der Waals surface area (Å²) in [6.45, 7) is 4.54. The van der Waals surface area contributed by atoms with Crippen molar-refractivity contribution in [3.8, 4) is 11.4 Å². The first kappa shape index (κ1) is 17.1. The molecule has 0 aliphatic heterocycles. The minimum absolute atomic E-state index is 0.0499. The van der Waals surface area contributed by atoms with Gasteiger partial charge < -0.3 is 10.1 Å². The lowest BCUT2D eigenvalue weighted by Gasteiger charge is -2.37. The standard InChI is InChI=1S/C21H27N3O2/c1-21(2)11-18(23-20(25)14-5-4-6-14)17-13-22-24(19(17)12-21)15-7-9-16(26-3)10-8-15/h7-10,13-14,18H,4-6,11-12H2,1-3H3,(H,23,25)/t18-/m0/s1. The Kier molecular flexibility index (Phi) is 4.25. The number of benzene rings is 1. The number of ether oxygens (including phenoxy) is 1. The Hall–Kier alpha value is -2.30. The largest absolute Gasteiger partial charge is 0.497 e. The summed E-state index contributed by atoms with van der Waals surface area (Å²) in [6.07, 6.45) is 7.06. The third-order valence-electron chi connectivity index (χ3n) is 5.79. The van der Waals surface area contributed by atoms with E-state index in [9.17, 15) is 4.79 Å². The monoisotopic (exact) mass is 353 g/mol. The van der Waals surface area contributed by atoms with Gasteiger partial charge in [-0.2, -0.15) is 5.10 Å². The van der Waals surface area contributed by atoms with Crippen molar-refractivity contribution in [1.82, 2.24) is 15.1 Å². The lowest BCUT2D eigenvalue weighted by molar-refractivity contribution is -0.128. The maximum absolute atomic E-state index is 12.5. The van der Waals surface area contributed by atoms with Gasteiger partial charge in [-0.15, -0.1) is 0 Å². The number of carbonyl (C=O) groups excluding carboxylic acids is 1. The Morgan fingerprint density at radius 2 is 2.00 bits per heavy atom. The molecule has 0 unspecified atom stereocenters. The Labute approximate surface area is 154 Å². The fourth-order valence-corrected chi connectivity index (χ4v) is 4.08. The van der Waals surface area contributed by atoms with Crippen molar-refractivity contribution >= 4 is 5.91 Å². The summed E-state index contributed by atoms with van der Waals surface area (Å²) in [6, 6.07) is 8.00. The zero-order chi connectivity index (χ0) is 18.3. The van der Waals surface area contributed by atoms with Crippen LogP contribution in [0.4, 0.5) is 0 Å². The molecule has 1 aromatic carbocycles. The lowest BCUT2D eigenvalue weighted by Crippen LogP contribution is -2.41. The molecule has 1 saturated carbocycles. The van der Waals surface area contributed by atoms with E-state index < -0.39 is 0 Å². The van der Waals surface area contributed by atoms with Gasteiger partial charge in [0.15, 0.2) is 0 Å². The van der Waals surface area contributed by atoms with E-state index in [1.165, 1.54) is 12.1 Å². The Morgan fingerprint density at radius 1 is 1.27 bits per heavy atom. The van der Waals surface area contributed by atoms with Crippen molar-refractivity contribution in [3.63, 3.8) is 0 Å². The van der Waals surface area contributed by atoms with Crippen LogP contribution in [0.25, 0.3) is 5.69 Å². The fourth-order valence-electron chi connectivity index (χ4n) is 4.08. The Morgan fingerprint density at radius 3 is 2.62 bits per heavy atom. The molecule has 138 valence electrons. The predicted octanol–water partition coefficient (Wildman–Crippen LogP) is 3.81. The fraction of sp³-hybridized carbons (Fsp3) is 0.524. The van der Waals surface area contributed by atoms with Crippen molar-refractivity contribution in [3.05, 3.63) is 41.7 Å². The van der Waals surface area contributed by atoms with Gasteiger partial charge in [-0.3, -0.25) is 4.79 Å². The van der Waals surface area contributed by atoms with Crippen molar-refractivity contribution in [2.75, 3.05) is 7.11 Å². The van der Waals surface area contributed by atoms with E-state index in [1.807, 2.05) is 35.1 Å². The maximum Gasteiger partial charge on any atom is 0.223 e. The summed E-state index contributed by atoms with van der Waals surface area (Å²) < 4.78 is 7.27. The van der Waals surface area contributed by atoms with Crippen molar-refractivity contribution in [2.45, 2.75) is 52.0 Å². The lowest BCUT2D eigenvalue weighted by atomic mass is 9.74. The zero-order valence-electron chi connectivity index (χ0n) is 15.8. The van der Waals surface area contributed by atoms with Gasteiger partial charge >= 0.3 is 0 Å². The second-order valence-electron chi connectivity index (χ2n) is 8.39. The zero-order valence-corrected chi connectivity index (χ0v) is 15.8. The second kappa shape index (κ2) is 6.45. The van der Waals surface area contributed by atoms with Crippen molar-refractivity contribution in [2.24, 2.45) is 11.3 Å². The number of amides is 1. The van der Waals surface area contributed by atoms with Crippen LogP contribution >= 0.6 is 0 Å². The number of fused-ring (bicyclic) bond motifs is 1. The van der Waals surface area contributed by atoms with E-state index in [4.69, 9.17) is 4.74 Å². The molecular weight excluding hydrogens is 326 g/mol. The number of nitrogens with zero attached hydrogens (tertiary/aromatic N) is 2. The Balaban J connectivity index is 1.65. The van der Waals surface area contributed by atoms with Crippen LogP contribution in [0.15, 0.2) is 30.5 Å². The summed E-state index contributed by atoms with van der Waals surface area (Å²) in [7, 11) is 1.67. The highest BCUT2D eigenvalue weighted by atomic mass is 16.5. The third-order valence-corrected chi connectivity index (χ3v) is 5.79. The van der Waals surface area contributed by atoms with Crippen LogP contribution in [0.2, 0.25) is 0 Å². The summed E-state index contributed by atoms with van der Waals surface area (Å²) in [5.74, 6) is 1.25. The van der Waals surface area contributed by atoms with Gasteiger partial charge in [-0.25, -0.2) is 4.68 Å². The Bertz CT molecular complexity index is 803. The number of carbonyl (C=O) groups is 1. The van der Waals surface area contributed by atoms with Gasteiger partial charge in [0.2, 0.25) is 5.91 Å². The van der Waals surface area contributed by atoms with Crippen LogP contribution in [0.1, 0.15) is 56.8 Å². The van der Waals surface area contributed by atoms with Gasteiger partial charge in [-0.05, 0) is 55.4 Å². The first-order valence-electron chi connectivity index (χ1n) is 9.48. The SMILES string of the molecule is COc1ccc(-n2ncc3c2CC(C)(C)C[C@@H]3NC(=O)C2CCC2)cc1. The first-order valence-corrected chi connectivity index (χ1v) is 9.48. The van der Waals surface area contributed by atoms with Crippen LogP contribution in [0.3, 0.4) is 0 Å². The molecule has 1 heterocycles. The summed E-state index contributed by atoms with van der Waals surface area (Å²) in [4.78, 5) is 12.5. The third kappa shape index (κ3) is 3.11. The summed E-state index contributed by atoms with van der Waals surface area (Å²) >= 11 is 0. The normalized spacial score (nSPS) is 21.6. The molecule has 0 spiro atoms.